The van der Waals surface area contributed by atoms with Crippen LogP contribution in [0, 0.1) is 5.41 Å². The molecule has 0 saturated heterocycles. The number of pyridine rings is 1. The predicted molar refractivity (Wildman–Crippen MR) is 132 cm³/mol. The van der Waals surface area contributed by atoms with Crippen molar-refractivity contribution < 1.29 is 9.84 Å². The number of anilines is 1. The number of hydrogen-bond acceptors (Lipinski definition) is 6. The minimum absolute atomic E-state index is 0.0932. The number of aliphatic hydroxyl groups is 1. The fourth-order valence-electron chi connectivity index (χ4n) is 3.82. The van der Waals surface area contributed by atoms with E-state index in [0.29, 0.717) is 35.8 Å². The number of benzene rings is 2. The van der Waals surface area contributed by atoms with Crippen LogP contribution in [0.15, 0.2) is 72.6 Å². The molecular weight excluding hydrogens is 414 g/mol. The minimum atomic E-state index is 0.0932. The number of nitrogens with one attached hydrogen (secondary N) is 2. The van der Waals surface area contributed by atoms with E-state index in [-0.39, 0.29) is 11.5 Å². The molecule has 3 N–H and O–H groups in total. The molecule has 0 amide bonds. The van der Waals surface area contributed by atoms with E-state index < -0.39 is 0 Å². The van der Waals surface area contributed by atoms with E-state index in [1.807, 2.05) is 48.5 Å². The Hall–Kier alpha value is -4.13. The van der Waals surface area contributed by atoms with Crippen molar-refractivity contribution in [3.63, 3.8) is 0 Å². The van der Waals surface area contributed by atoms with Gasteiger partial charge in [0.15, 0.2) is 5.65 Å². The third-order valence-corrected chi connectivity index (χ3v) is 5.42. The van der Waals surface area contributed by atoms with Gasteiger partial charge in [-0.2, -0.15) is 4.98 Å². The van der Waals surface area contributed by atoms with Gasteiger partial charge in [0.1, 0.15) is 5.75 Å². The second kappa shape index (κ2) is 9.56. The van der Waals surface area contributed by atoms with Crippen LogP contribution in [-0.4, -0.2) is 32.5 Å². The van der Waals surface area contributed by atoms with Crippen LogP contribution in [0.1, 0.15) is 30.5 Å². The number of rotatable bonds is 8. The molecular formula is C26H27N5O2. The van der Waals surface area contributed by atoms with E-state index in [9.17, 15) is 5.11 Å². The van der Waals surface area contributed by atoms with Gasteiger partial charge in [-0.05, 0) is 43.2 Å². The Morgan fingerprint density at radius 1 is 1.06 bits per heavy atom. The van der Waals surface area contributed by atoms with Crippen LogP contribution in [0.3, 0.4) is 0 Å². The lowest BCUT2D eigenvalue weighted by Gasteiger charge is -2.12. The molecule has 0 aliphatic carbocycles. The van der Waals surface area contributed by atoms with Crippen LogP contribution < -0.4 is 10.1 Å². The van der Waals surface area contributed by atoms with Crippen LogP contribution in [-0.2, 0) is 13.1 Å². The molecule has 4 rings (SSSR count). The monoisotopic (exact) mass is 441 g/mol. The molecule has 33 heavy (non-hydrogen) atoms. The summed E-state index contributed by atoms with van der Waals surface area (Å²) in [5.41, 5.74) is 5.10. The maximum absolute atomic E-state index is 10.1. The Morgan fingerprint density at radius 2 is 1.79 bits per heavy atom. The van der Waals surface area contributed by atoms with E-state index >= 15 is 0 Å². The summed E-state index contributed by atoms with van der Waals surface area (Å²) in [5, 5.41) is 21.6. The molecule has 0 bridgehead atoms. The summed E-state index contributed by atoms with van der Waals surface area (Å²) in [6, 6.07) is 20.0. The van der Waals surface area contributed by atoms with Gasteiger partial charge in [-0.15, -0.1) is 0 Å². The molecule has 0 aliphatic rings. The zero-order chi connectivity index (χ0) is 23.4. The van der Waals surface area contributed by atoms with Crippen molar-refractivity contribution in [3.8, 4) is 5.75 Å². The van der Waals surface area contributed by atoms with Crippen molar-refractivity contribution in [3.05, 3.63) is 89.3 Å². The molecule has 2 aromatic heterocycles. The number of nitrogens with zero attached hydrogens (tertiary/aromatic N) is 3. The van der Waals surface area contributed by atoms with Crippen LogP contribution in [0.25, 0.3) is 16.7 Å². The third-order valence-electron chi connectivity index (χ3n) is 5.42. The van der Waals surface area contributed by atoms with Crippen molar-refractivity contribution in [1.82, 2.24) is 14.5 Å². The number of ether oxygens (including phenoxy) is 1. The molecule has 7 nitrogen and oxygen atoms in total. The molecule has 0 saturated carbocycles. The molecule has 4 aromatic rings. The molecule has 0 atom stereocenters. The van der Waals surface area contributed by atoms with Crippen molar-refractivity contribution >= 4 is 28.4 Å². The fourth-order valence-corrected chi connectivity index (χ4v) is 3.82. The molecule has 0 spiro atoms. The van der Waals surface area contributed by atoms with Gasteiger partial charge in [0.2, 0.25) is 5.95 Å². The molecule has 2 heterocycles. The lowest BCUT2D eigenvalue weighted by atomic mass is 10.0. The Morgan fingerprint density at radius 3 is 2.42 bits per heavy atom. The maximum atomic E-state index is 10.1. The Balaban J connectivity index is 1.75. The van der Waals surface area contributed by atoms with E-state index in [1.54, 1.807) is 27.2 Å². The highest BCUT2D eigenvalue weighted by Crippen LogP contribution is 2.26. The highest BCUT2D eigenvalue weighted by atomic mass is 16.5. The SMILES string of the molecule is COc1ccc(CNc2nc3ncc(/C(C(C)=N)=C(\C)O)cc3n2Cc2ccccc2)cc1. The van der Waals surface area contributed by atoms with Crippen molar-refractivity contribution in [2.24, 2.45) is 0 Å². The first-order valence-electron chi connectivity index (χ1n) is 10.7. The summed E-state index contributed by atoms with van der Waals surface area (Å²) < 4.78 is 7.32. The van der Waals surface area contributed by atoms with Gasteiger partial charge in [0.25, 0.3) is 0 Å². The van der Waals surface area contributed by atoms with Crippen LogP contribution in [0.5, 0.6) is 5.75 Å². The van der Waals surface area contributed by atoms with Gasteiger partial charge < -0.3 is 25.1 Å². The Kier molecular flexibility index (Phi) is 6.40. The molecule has 7 heteroatoms. The number of allylic oxidation sites excluding steroid dienone is 2. The summed E-state index contributed by atoms with van der Waals surface area (Å²) in [5.74, 6) is 1.61. The first-order chi connectivity index (χ1) is 16.0. The largest absolute Gasteiger partial charge is 0.512 e. The topological polar surface area (TPSA) is 96.1 Å². The summed E-state index contributed by atoms with van der Waals surface area (Å²) in [4.78, 5) is 9.27. The quantitative estimate of drug-likeness (QED) is 0.250. The van der Waals surface area contributed by atoms with Gasteiger partial charge in [-0.3, -0.25) is 0 Å². The third kappa shape index (κ3) is 4.87. The molecule has 2 aromatic carbocycles. The van der Waals surface area contributed by atoms with Crippen LogP contribution in [0.4, 0.5) is 5.95 Å². The van der Waals surface area contributed by atoms with E-state index in [4.69, 9.17) is 15.1 Å². The zero-order valence-electron chi connectivity index (χ0n) is 19.0. The first-order valence-corrected chi connectivity index (χ1v) is 10.7. The van der Waals surface area contributed by atoms with E-state index in [1.165, 1.54) is 0 Å². The number of imidazole rings is 1. The average Bonchev–Trinajstić information content (AvgIpc) is 3.15. The fraction of sp³-hybridized carbons (Fsp3) is 0.192. The lowest BCUT2D eigenvalue weighted by molar-refractivity contribution is 0.414. The van der Waals surface area contributed by atoms with E-state index in [2.05, 4.69) is 27.0 Å². The normalized spacial score (nSPS) is 11.8. The smallest absolute Gasteiger partial charge is 0.206 e. The van der Waals surface area contributed by atoms with Gasteiger partial charge in [0, 0.05) is 29.6 Å². The van der Waals surface area contributed by atoms with Crippen molar-refractivity contribution in [2.45, 2.75) is 26.9 Å². The summed E-state index contributed by atoms with van der Waals surface area (Å²) in [6.45, 7) is 4.44. The lowest BCUT2D eigenvalue weighted by Crippen LogP contribution is -2.09. The van der Waals surface area contributed by atoms with Crippen LogP contribution >= 0.6 is 0 Å². The summed E-state index contributed by atoms with van der Waals surface area (Å²) >= 11 is 0. The maximum Gasteiger partial charge on any atom is 0.206 e. The Bertz CT molecular complexity index is 1300. The molecule has 0 fully saturated rings. The highest BCUT2D eigenvalue weighted by molar-refractivity contribution is 6.21. The second-order valence-corrected chi connectivity index (χ2v) is 7.86. The predicted octanol–water partition coefficient (Wildman–Crippen LogP) is 5.43. The van der Waals surface area contributed by atoms with Gasteiger partial charge in [-0.1, -0.05) is 42.5 Å². The number of methoxy groups -OCH3 is 1. The van der Waals surface area contributed by atoms with Crippen LogP contribution in [0.2, 0.25) is 0 Å². The second-order valence-electron chi connectivity index (χ2n) is 7.86. The zero-order valence-corrected chi connectivity index (χ0v) is 19.0. The first kappa shape index (κ1) is 22.1. The Labute approximate surface area is 192 Å². The van der Waals surface area contributed by atoms with Crippen molar-refractivity contribution in [2.75, 3.05) is 12.4 Å². The number of hydrogen-bond donors (Lipinski definition) is 3. The summed E-state index contributed by atoms with van der Waals surface area (Å²) in [7, 11) is 1.65. The number of aliphatic hydroxyl groups excluding tert-OH is 1. The average molecular weight is 442 g/mol. The number of aromatic nitrogens is 3. The summed E-state index contributed by atoms with van der Waals surface area (Å²) in [6.07, 6.45) is 1.66. The van der Waals surface area contributed by atoms with Gasteiger partial charge >= 0.3 is 0 Å². The number of fused-ring (bicyclic) bond motifs is 1. The highest BCUT2D eigenvalue weighted by Gasteiger charge is 2.16. The molecule has 0 unspecified atom stereocenters. The van der Waals surface area contributed by atoms with E-state index in [0.717, 1.165) is 22.4 Å². The minimum Gasteiger partial charge on any atom is -0.512 e. The van der Waals surface area contributed by atoms with Crippen molar-refractivity contribution in [1.29, 1.82) is 5.41 Å². The van der Waals surface area contributed by atoms with Gasteiger partial charge in [-0.25, -0.2) is 4.98 Å². The molecule has 168 valence electrons. The van der Waals surface area contributed by atoms with Gasteiger partial charge in [0.05, 0.1) is 24.9 Å². The molecule has 0 radical (unpaired) electrons. The molecule has 0 aliphatic heterocycles. The standard InChI is InChI=1S/C26H27N5O2/c1-17(27)24(18(2)32)21-13-23-25(28-15-21)30-26(31(23)16-20-7-5-4-6-8-20)29-14-19-9-11-22(33-3)12-10-19/h4-13,15,27,32H,14,16H2,1-3H3,(H,28,29,30)/b24-18+,27-17?.